The second-order valence-electron chi connectivity index (χ2n) is 4.70. The quantitative estimate of drug-likeness (QED) is 0.843. The van der Waals surface area contributed by atoms with Gasteiger partial charge in [0.05, 0.1) is 7.11 Å². The van der Waals surface area contributed by atoms with Crippen molar-refractivity contribution in [2.24, 2.45) is 5.92 Å². The Morgan fingerprint density at radius 2 is 2.06 bits per heavy atom. The second kappa shape index (κ2) is 5.35. The molecule has 1 aliphatic heterocycles. The molecular formula is C14H21NO. The fraction of sp³-hybridized carbons (Fsp3) is 0.571. The van der Waals surface area contributed by atoms with E-state index in [0.717, 1.165) is 11.7 Å². The van der Waals surface area contributed by atoms with E-state index < -0.39 is 0 Å². The van der Waals surface area contributed by atoms with Gasteiger partial charge in [-0.15, -0.1) is 0 Å². The lowest BCUT2D eigenvalue weighted by molar-refractivity contribution is 0.371. The molecule has 88 valence electrons. The number of piperidine rings is 1. The molecule has 16 heavy (non-hydrogen) atoms. The summed E-state index contributed by atoms with van der Waals surface area (Å²) in [4.78, 5) is 0. The number of hydrogen-bond acceptors (Lipinski definition) is 2. The number of methoxy groups -OCH3 is 1. The van der Waals surface area contributed by atoms with Crippen LogP contribution in [0.4, 0.5) is 0 Å². The summed E-state index contributed by atoms with van der Waals surface area (Å²) < 4.78 is 5.36. The SMILES string of the molecule is COc1cc(CC2CCNCC2)ccc1C. The fourth-order valence-corrected chi connectivity index (χ4v) is 2.41. The first-order valence-corrected chi connectivity index (χ1v) is 6.14. The maximum absolute atomic E-state index is 5.36. The highest BCUT2D eigenvalue weighted by molar-refractivity contribution is 5.36. The normalized spacial score (nSPS) is 17.4. The minimum Gasteiger partial charge on any atom is -0.496 e. The van der Waals surface area contributed by atoms with Crippen molar-refractivity contribution in [3.05, 3.63) is 29.3 Å². The Balaban J connectivity index is 2.03. The molecule has 2 nitrogen and oxygen atoms in total. The van der Waals surface area contributed by atoms with Crippen LogP contribution in [0, 0.1) is 12.8 Å². The lowest BCUT2D eigenvalue weighted by Crippen LogP contribution is -2.28. The molecule has 0 radical (unpaired) electrons. The van der Waals surface area contributed by atoms with Gasteiger partial charge < -0.3 is 10.1 Å². The van der Waals surface area contributed by atoms with Crippen LogP contribution >= 0.6 is 0 Å². The summed E-state index contributed by atoms with van der Waals surface area (Å²) >= 11 is 0. The van der Waals surface area contributed by atoms with Crippen LogP contribution in [-0.2, 0) is 6.42 Å². The summed E-state index contributed by atoms with van der Waals surface area (Å²) in [5.41, 5.74) is 2.63. The Bertz CT molecular complexity index is 343. The van der Waals surface area contributed by atoms with Gasteiger partial charge in [-0.3, -0.25) is 0 Å². The Morgan fingerprint density at radius 1 is 1.31 bits per heavy atom. The van der Waals surface area contributed by atoms with E-state index in [4.69, 9.17) is 4.74 Å². The Hall–Kier alpha value is -1.02. The summed E-state index contributed by atoms with van der Waals surface area (Å²) in [5.74, 6) is 1.86. The highest BCUT2D eigenvalue weighted by Crippen LogP contribution is 2.23. The molecule has 1 aromatic rings. The number of ether oxygens (including phenoxy) is 1. The predicted octanol–water partition coefficient (Wildman–Crippen LogP) is 2.55. The van der Waals surface area contributed by atoms with Crippen LogP contribution in [0.5, 0.6) is 5.75 Å². The average molecular weight is 219 g/mol. The van der Waals surface area contributed by atoms with Gasteiger partial charge in [0.15, 0.2) is 0 Å². The predicted molar refractivity (Wildman–Crippen MR) is 67.0 cm³/mol. The first-order chi connectivity index (χ1) is 7.79. The third kappa shape index (κ3) is 2.76. The van der Waals surface area contributed by atoms with E-state index in [-0.39, 0.29) is 0 Å². The maximum atomic E-state index is 5.36. The van der Waals surface area contributed by atoms with Crippen molar-refractivity contribution in [3.8, 4) is 5.75 Å². The zero-order valence-electron chi connectivity index (χ0n) is 10.3. The van der Waals surface area contributed by atoms with Crippen LogP contribution in [0.15, 0.2) is 18.2 Å². The van der Waals surface area contributed by atoms with E-state index in [2.05, 4.69) is 30.4 Å². The summed E-state index contributed by atoms with van der Waals surface area (Å²) in [7, 11) is 1.75. The number of aryl methyl sites for hydroxylation is 1. The summed E-state index contributed by atoms with van der Waals surface area (Å²) in [6, 6.07) is 6.59. The van der Waals surface area contributed by atoms with Crippen molar-refractivity contribution >= 4 is 0 Å². The van der Waals surface area contributed by atoms with E-state index in [1.807, 2.05) is 0 Å². The monoisotopic (exact) mass is 219 g/mol. The van der Waals surface area contributed by atoms with Gasteiger partial charge in [0.2, 0.25) is 0 Å². The molecule has 0 aliphatic carbocycles. The Labute approximate surface area is 98.0 Å². The molecule has 0 spiro atoms. The molecule has 1 saturated heterocycles. The summed E-state index contributed by atoms with van der Waals surface area (Å²) in [6.07, 6.45) is 3.80. The standard InChI is InChI=1S/C14H21NO/c1-11-3-4-13(10-14(11)16-2)9-12-5-7-15-8-6-12/h3-4,10,12,15H,5-9H2,1-2H3. The van der Waals surface area contributed by atoms with E-state index in [1.165, 1.54) is 43.5 Å². The number of benzene rings is 1. The van der Waals surface area contributed by atoms with Gasteiger partial charge in [-0.25, -0.2) is 0 Å². The Morgan fingerprint density at radius 3 is 2.75 bits per heavy atom. The molecule has 0 atom stereocenters. The van der Waals surface area contributed by atoms with Crippen molar-refractivity contribution in [2.45, 2.75) is 26.2 Å². The van der Waals surface area contributed by atoms with E-state index in [9.17, 15) is 0 Å². The molecule has 0 saturated carbocycles. The van der Waals surface area contributed by atoms with Gasteiger partial charge in [0, 0.05) is 0 Å². The van der Waals surface area contributed by atoms with Crippen LogP contribution in [0.25, 0.3) is 0 Å². The van der Waals surface area contributed by atoms with E-state index in [0.29, 0.717) is 0 Å². The van der Waals surface area contributed by atoms with Crippen LogP contribution in [0.2, 0.25) is 0 Å². The molecule has 0 bridgehead atoms. The van der Waals surface area contributed by atoms with Crippen LogP contribution in [0.3, 0.4) is 0 Å². The minimum absolute atomic E-state index is 0.841. The summed E-state index contributed by atoms with van der Waals surface area (Å²) in [5, 5.41) is 3.41. The highest BCUT2D eigenvalue weighted by atomic mass is 16.5. The molecule has 0 unspecified atom stereocenters. The van der Waals surface area contributed by atoms with Gasteiger partial charge in [-0.2, -0.15) is 0 Å². The minimum atomic E-state index is 0.841. The molecule has 0 amide bonds. The lowest BCUT2D eigenvalue weighted by atomic mass is 9.90. The van der Waals surface area contributed by atoms with Gasteiger partial charge in [-0.1, -0.05) is 12.1 Å². The molecule has 0 aromatic heterocycles. The van der Waals surface area contributed by atoms with Gasteiger partial charge in [0.25, 0.3) is 0 Å². The van der Waals surface area contributed by atoms with Gasteiger partial charge in [0.1, 0.15) is 5.75 Å². The van der Waals surface area contributed by atoms with E-state index >= 15 is 0 Å². The number of rotatable bonds is 3. The zero-order valence-corrected chi connectivity index (χ0v) is 10.3. The largest absolute Gasteiger partial charge is 0.496 e. The van der Waals surface area contributed by atoms with Gasteiger partial charge >= 0.3 is 0 Å². The van der Waals surface area contributed by atoms with Crippen molar-refractivity contribution in [1.82, 2.24) is 5.32 Å². The molecule has 2 heteroatoms. The zero-order chi connectivity index (χ0) is 11.4. The fourth-order valence-electron chi connectivity index (χ4n) is 2.41. The maximum Gasteiger partial charge on any atom is 0.122 e. The van der Waals surface area contributed by atoms with Crippen molar-refractivity contribution < 1.29 is 4.74 Å². The van der Waals surface area contributed by atoms with Gasteiger partial charge in [-0.05, 0) is 62.4 Å². The van der Waals surface area contributed by atoms with Crippen molar-refractivity contribution in [2.75, 3.05) is 20.2 Å². The Kier molecular flexibility index (Phi) is 3.83. The molecular weight excluding hydrogens is 198 g/mol. The van der Waals surface area contributed by atoms with Crippen molar-refractivity contribution in [1.29, 1.82) is 0 Å². The van der Waals surface area contributed by atoms with E-state index in [1.54, 1.807) is 7.11 Å². The topological polar surface area (TPSA) is 21.3 Å². The third-order valence-corrected chi connectivity index (χ3v) is 3.46. The molecule has 1 fully saturated rings. The summed E-state index contributed by atoms with van der Waals surface area (Å²) in [6.45, 7) is 4.44. The number of nitrogens with one attached hydrogen (secondary N) is 1. The van der Waals surface area contributed by atoms with Crippen molar-refractivity contribution in [3.63, 3.8) is 0 Å². The second-order valence-corrected chi connectivity index (χ2v) is 4.70. The van der Waals surface area contributed by atoms with Crippen LogP contribution < -0.4 is 10.1 Å². The molecule has 1 aliphatic rings. The van der Waals surface area contributed by atoms with Crippen LogP contribution in [-0.4, -0.2) is 20.2 Å². The molecule has 1 N–H and O–H groups in total. The highest BCUT2D eigenvalue weighted by Gasteiger charge is 2.13. The smallest absolute Gasteiger partial charge is 0.122 e. The molecule has 2 rings (SSSR count). The lowest BCUT2D eigenvalue weighted by Gasteiger charge is -2.22. The van der Waals surface area contributed by atoms with Crippen LogP contribution in [0.1, 0.15) is 24.0 Å². The molecule has 1 heterocycles. The molecule has 1 aromatic carbocycles. The number of hydrogen-bond donors (Lipinski definition) is 1. The third-order valence-electron chi connectivity index (χ3n) is 3.46. The first-order valence-electron chi connectivity index (χ1n) is 6.14. The average Bonchev–Trinajstić information content (AvgIpc) is 2.33. The first kappa shape index (κ1) is 11.5.